The summed E-state index contributed by atoms with van der Waals surface area (Å²) in [6.45, 7) is 10.6. The molecular weight excluding hydrogens is 232 g/mol. The SMILES string of the molecule is CCC1CN2CCCC2CN1c1cc(C)ccc1C. The first-order chi connectivity index (χ1) is 9.19. The van der Waals surface area contributed by atoms with Crippen LogP contribution in [0.2, 0.25) is 0 Å². The van der Waals surface area contributed by atoms with Crippen molar-refractivity contribution in [2.24, 2.45) is 0 Å². The van der Waals surface area contributed by atoms with Crippen molar-refractivity contribution in [3.8, 4) is 0 Å². The van der Waals surface area contributed by atoms with Crippen LogP contribution in [0.15, 0.2) is 18.2 Å². The normalized spacial score (nSPS) is 27.6. The van der Waals surface area contributed by atoms with Gasteiger partial charge in [-0.15, -0.1) is 0 Å². The van der Waals surface area contributed by atoms with E-state index in [1.165, 1.54) is 55.7 Å². The highest BCUT2D eigenvalue weighted by Crippen LogP contribution is 2.32. The molecule has 0 spiro atoms. The summed E-state index contributed by atoms with van der Waals surface area (Å²) in [5.41, 5.74) is 4.28. The number of hydrogen-bond donors (Lipinski definition) is 0. The maximum atomic E-state index is 2.72. The Labute approximate surface area is 117 Å². The van der Waals surface area contributed by atoms with E-state index >= 15 is 0 Å². The van der Waals surface area contributed by atoms with E-state index in [0.717, 1.165) is 6.04 Å². The second-order valence-electron chi connectivity index (χ2n) is 6.30. The molecule has 2 aliphatic heterocycles. The molecule has 0 bridgehead atoms. The zero-order valence-corrected chi connectivity index (χ0v) is 12.5. The molecule has 3 rings (SSSR count). The van der Waals surface area contributed by atoms with E-state index in [1.54, 1.807) is 0 Å². The average molecular weight is 258 g/mol. The molecule has 0 N–H and O–H groups in total. The van der Waals surface area contributed by atoms with Gasteiger partial charge in [-0.2, -0.15) is 0 Å². The topological polar surface area (TPSA) is 6.48 Å². The van der Waals surface area contributed by atoms with E-state index in [9.17, 15) is 0 Å². The third-order valence-electron chi connectivity index (χ3n) is 4.94. The summed E-state index contributed by atoms with van der Waals surface area (Å²) in [5.74, 6) is 0. The lowest BCUT2D eigenvalue weighted by atomic mass is 10.0. The van der Waals surface area contributed by atoms with E-state index in [2.05, 4.69) is 48.8 Å². The lowest BCUT2D eigenvalue weighted by molar-refractivity contribution is 0.194. The molecule has 0 radical (unpaired) electrons. The molecule has 1 aromatic carbocycles. The van der Waals surface area contributed by atoms with Gasteiger partial charge in [-0.25, -0.2) is 0 Å². The number of fused-ring (bicyclic) bond motifs is 1. The van der Waals surface area contributed by atoms with Crippen LogP contribution >= 0.6 is 0 Å². The molecule has 0 saturated carbocycles. The molecule has 2 fully saturated rings. The molecule has 0 aliphatic carbocycles. The van der Waals surface area contributed by atoms with Crippen LogP contribution in [0.4, 0.5) is 5.69 Å². The monoisotopic (exact) mass is 258 g/mol. The van der Waals surface area contributed by atoms with Gasteiger partial charge >= 0.3 is 0 Å². The maximum absolute atomic E-state index is 2.72. The second kappa shape index (κ2) is 5.16. The molecule has 19 heavy (non-hydrogen) atoms. The summed E-state index contributed by atoms with van der Waals surface area (Å²) in [6.07, 6.45) is 4.02. The zero-order chi connectivity index (χ0) is 13.4. The number of anilines is 1. The van der Waals surface area contributed by atoms with Crippen LogP contribution in [-0.4, -0.2) is 36.6 Å². The summed E-state index contributed by atoms with van der Waals surface area (Å²) >= 11 is 0. The smallest absolute Gasteiger partial charge is 0.0415 e. The summed E-state index contributed by atoms with van der Waals surface area (Å²) in [7, 11) is 0. The minimum atomic E-state index is 0.690. The number of piperazine rings is 1. The van der Waals surface area contributed by atoms with Crippen LogP contribution in [0.1, 0.15) is 37.3 Å². The van der Waals surface area contributed by atoms with Crippen molar-refractivity contribution in [2.45, 2.75) is 52.1 Å². The predicted octanol–water partition coefficient (Wildman–Crippen LogP) is 3.37. The molecule has 2 saturated heterocycles. The molecule has 0 aromatic heterocycles. The highest BCUT2D eigenvalue weighted by Gasteiger charge is 2.35. The van der Waals surface area contributed by atoms with Crippen molar-refractivity contribution in [1.29, 1.82) is 0 Å². The number of nitrogens with zero attached hydrogens (tertiary/aromatic N) is 2. The molecule has 2 atom stereocenters. The van der Waals surface area contributed by atoms with Gasteiger partial charge in [0.25, 0.3) is 0 Å². The molecule has 2 heterocycles. The van der Waals surface area contributed by atoms with E-state index in [0.29, 0.717) is 6.04 Å². The van der Waals surface area contributed by atoms with Crippen LogP contribution in [0.25, 0.3) is 0 Å². The van der Waals surface area contributed by atoms with Gasteiger partial charge in [0, 0.05) is 30.9 Å². The fourth-order valence-electron chi connectivity index (χ4n) is 3.76. The zero-order valence-electron chi connectivity index (χ0n) is 12.5. The Bertz CT molecular complexity index is 455. The molecule has 1 aromatic rings. The quantitative estimate of drug-likeness (QED) is 0.802. The van der Waals surface area contributed by atoms with Gasteiger partial charge < -0.3 is 4.90 Å². The molecule has 0 amide bonds. The maximum Gasteiger partial charge on any atom is 0.0415 e. The van der Waals surface area contributed by atoms with Gasteiger partial charge in [0.15, 0.2) is 0 Å². The van der Waals surface area contributed by atoms with Gasteiger partial charge in [-0.1, -0.05) is 19.1 Å². The first kappa shape index (κ1) is 13.0. The predicted molar refractivity (Wildman–Crippen MR) is 81.9 cm³/mol. The van der Waals surface area contributed by atoms with Crippen molar-refractivity contribution in [2.75, 3.05) is 24.5 Å². The Morgan fingerprint density at radius 1 is 1.21 bits per heavy atom. The minimum absolute atomic E-state index is 0.690. The molecule has 2 unspecified atom stereocenters. The first-order valence-electron chi connectivity index (χ1n) is 7.77. The van der Waals surface area contributed by atoms with Gasteiger partial charge in [0.05, 0.1) is 0 Å². The molecule has 104 valence electrons. The Kier molecular flexibility index (Phi) is 3.53. The van der Waals surface area contributed by atoms with Crippen LogP contribution < -0.4 is 4.90 Å². The summed E-state index contributed by atoms with van der Waals surface area (Å²) in [6, 6.07) is 8.37. The number of aryl methyl sites for hydroxylation is 2. The summed E-state index contributed by atoms with van der Waals surface area (Å²) in [4.78, 5) is 5.41. The van der Waals surface area contributed by atoms with Crippen molar-refractivity contribution in [3.63, 3.8) is 0 Å². The highest BCUT2D eigenvalue weighted by molar-refractivity contribution is 5.56. The number of benzene rings is 1. The lowest BCUT2D eigenvalue weighted by Crippen LogP contribution is -2.56. The molecule has 2 aliphatic rings. The summed E-state index contributed by atoms with van der Waals surface area (Å²) < 4.78 is 0. The third-order valence-corrected chi connectivity index (χ3v) is 4.94. The minimum Gasteiger partial charge on any atom is -0.365 e. The van der Waals surface area contributed by atoms with E-state index < -0.39 is 0 Å². The Morgan fingerprint density at radius 3 is 2.84 bits per heavy atom. The molecular formula is C17H26N2. The standard InChI is InChI=1S/C17H26N2/c1-4-15-11-18-9-5-6-16(18)12-19(15)17-10-13(2)7-8-14(17)3/h7-8,10,15-16H,4-6,9,11-12H2,1-3H3. The summed E-state index contributed by atoms with van der Waals surface area (Å²) in [5, 5.41) is 0. The van der Waals surface area contributed by atoms with Gasteiger partial charge in [-0.3, -0.25) is 4.90 Å². The third kappa shape index (κ3) is 2.38. The Balaban J connectivity index is 1.90. The number of hydrogen-bond acceptors (Lipinski definition) is 2. The fraction of sp³-hybridized carbons (Fsp3) is 0.647. The van der Waals surface area contributed by atoms with Gasteiger partial charge in [0.2, 0.25) is 0 Å². The van der Waals surface area contributed by atoms with E-state index in [4.69, 9.17) is 0 Å². The number of rotatable bonds is 2. The van der Waals surface area contributed by atoms with Crippen LogP contribution in [0, 0.1) is 13.8 Å². The van der Waals surface area contributed by atoms with Gasteiger partial charge in [0.1, 0.15) is 0 Å². The van der Waals surface area contributed by atoms with Gasteiger partial charge in [-0.05, 0) is 56.8 Å². The van der Waals surface area contributed by atoms with Crippen molar-refractivity contribution in [3.05, 3.63) is 29.3 Å². The molecule has 2 heteroatoms. The van der Waals surface area contributed by atoms with Crippen LogP contribution in [0.3, 0.4) is 0 Å². The fourth-order valence-corrected chi connectivity index (χ4v) is 3.76. The van der Waals surface area contributed by atoms with Crippen molar-refractivity contribution >= 4 is 5.69 Å². The van der Waals surface area contributed by atoms with Crippen LogP contribution in [-0.2, 0) is 0 Å². The lowest BCUT2D eigenvalue weighted by Gasteiger charge is -2.45. The molecule has 2 nitrogen and oxygen atoms in total. The second-order valence-corrected chi connectivity index (χ2v) is 6.30. The van der Waals surface area contributed by atoms with Crippen LogP contribution in [0.5, 0.6) is 0 Å². The highest BCUT2D eigenvalue weighted by atomic mass is 15.3. The van der Waals surface area contributed by atoms with E-state index in [-0.39, 0.29) is 0 Å². The first-order valence-corrected chi connectivity index (χ1v) is 7.77. The Hall–Kier alpha value is -1.02. The Morgan fingerprint density at radius 2 is 2.05 bits per heavy atom. The van der Waals surface area contributed by atoms with E-state index in [1.807, 2.05) is 0 Å². The largest absolute Gasteiger partial charge is 0.365 e. The average Bonchev–Trinajstić information content (AvgIpc) is 2.87. The van der Waals surface area contributed by atoms with Crippen molar-refractivity contribution < 1.29 is 0 Å². The van der Waals surface area contributed by atoms with Crippen molar-refractivity contribution in [1.82, 2.24) is 4.90 Å².